The molecule has 0 rings (SSSR count). The van der Waals surface area contributed by atoms with Crippen LogP contribution in [0, 0.1) is 23.4 Å². The van der Waals surface area contributed by atoms with Crippen LogP contribution in [-0.4, -0.2) is 5.11 Å². The van der Waals surface area contributed by atoms with Gasteiger partial charge in [-0.15, -0.1) is 0 Å². The molecule has 1 unspecified atom stereocenters. The number of hydrogen-bond donors (Lipinski definition) is 1. The summed E-state index contributed by atoms with van der Waals surface area (Å²) in [6.45, 7) is 8.70. The maximum atomic E-state index is 8.66. The Morgan fingerprint density at radius 3 is 2.19 bits per heavy atom. The predicted molar refractivity (Wildman–Crippen MR) is 70.6 cm³/mol. The van der Waals surface area contributed by atoms with E-state index in [-0.39, 0.29) is 5.41 Å². The maximum absolute atomic E-state index is 8.66. The van der Waals surface area contributed by atoms with Crippen molar-refractivity contribution in [3.8, 4) is 12.0 Å². The van der Waals surface area contributed by atoms with E-state index < -0.39 is 0 Å². The van der Waals surface area contributed by atoms with Crippen LogP contribution in [0.15, 0.2) is 0 Å². The van der Waals surface area contributed by atoms with Crippen LogP contribution < -0.4 is 0 Å². The number of unbranched alkanes of at least 4 members (excludes halogenated alkanes) is 5. The monoisotopic (exact) mass is 224 g/mol. The van der Waals surface area contributed by atoms with Crippen molar-refractivity contribution in [3.63, 3.8) is 0 Å². The molecule has 0 aromatic rings. The van der Waals surface area contributed by atoms with Crippen molar-refractivity contribution in [2.45, 2.75) is 72.6 Å². The molecule has 0 fully saturated rings. The summed E-state index contributed by atoms with van der Waals surface area (Å²) < 4.78 is 0. The minimum atomic E-state index is -0.0574. The minimum absolute atomic E-state index is 0.0574. The summed E-state index contributed by atoms with van der Waals surface area (Å²) in [5, 5.41) is 8.66. The van der Waals surface area contributed by atoms with E-state index in [1.807, 2.05) is 0 Å². The van der Waals surface area contributed by atoms with E-state index in [1.54, 1.807) is 0 Å². The highest BCUT2D eigenvalue weighted by molar-refractivity contribution is 5.05. The van der Waals surface area contributed by atoms with Crippen LogP contribution in [0.3, 0.4) is 0 Å². The van der Waals surface area contributed by atoms with E-state index in [9.17, 15) is 0 Å². The first-order valence-corrected chi connectivity index (χ1v) is 6.70. The summed E-state index contributed by atoms with van der Waals surface area (Å²) in [7, 11) is 0. The Hall–Kier alpha value is -0.640. The van der Waals surface area contributed by atoms with Crippen LogP contribution in [0.5, 0.6) is 0 Å². The molecule has 0 aromatic heterocycles. The molecule has 0 saturated heterocycles. The molecule has 1 heteroatoms. The van der Waals surface area contributed by atoms with Crippen LogP contribution in [0.25, 0.3) is 0 Å². The third-order valence-electron chi connectivity index (χ3n) is 3.60. The van der Waals surface area contributed by atoms with Crippen molar-refractivity contribution < 1.29 is 5.11 Å². The van der Waals surface area contributed by atoms with Gasteiger partial charge >= 0.3 is 0 Å². The van der Waals surface area contributed by atoms with Crippen molar-refractivity contribution >= 4 is 0 Å². The fourth-order valence-electron chi connectivity index (χ4n) is 1.86. The standard InChI is InChI=1S/C15H28O/c1-5-6-7-8-9-10-11-14(2)15(3,4)12-13-16/h14,16H,5-11H2,1-4H3. The fourth-order valence-corrected chi connectivity index (χ4v) is 1.86. The molecular formula is C15H28O. The zero-order chi connectivity index (χ0) is 12.4. The number of aliphatic hydroxyl groups excluding tert-OH is 1. The largest absolute Gasteiger partial charge is 0.462 e. The lowest BCUT2D eigenvalue weighted by atomic mass is 9.78. The van der Waals surface area contributed by atoms with Crippen molar-refractivity contribution in [1.82, 2.24) is 0 Å². The van der Waals surface area contributed by atoms with E-state index in [2.05, 4.69) is 39.7 Å². The van der Waals surface area contributed by atoms with Gasteiger partial charge in [0.2, 0.25) is 0 Å². The summed E-state index contributed by atoms with van der Waals surface area (Å²) in [5.41, 5.74) is -0.0574. The van der Waals surface area contributed by atoms with Crippen LogP contribution in [0.2, 0.25) is 0 Å². The van der Waals surface area contributed by atoms with Crippen molar-refractivity contribution in [2.75, 3.05) is 0 Å². The van der Waals surface area contributed by atoms with Gasteiger partial charge in [-0.25, -0.2) is 0 Å². The van der Waals surface area contributed by atoms with Crippen LogP contribution >= 0.6 is 0 Å². The quantitative estimate of drug-likeness (QED) is 0.466. The molecule has 0 aliphatic rings. The van der Waals surface area contributed by atoms with Gasteiger partial charge in [0.15, 0.2) is 0 Å². The number of aliphatic hydroxyl groups is 1. The Labute approximate surface area is 102 Å². The van der Waals surface area contributed by atoms with E-state index in [0.717, 1.165) is 0 Å². The Bertz CT molecular complexity index is 219. The number of rotatable bonds is 8. The van der Waals surface area contributed by atoms with E-state index in [0.29, 0.717) is 5.92 Å². The van der Waals surface area contributed by atoms with Gasteiger partial charge in [-0.3, -0.25) is 0 Å². The zero-order valence-electron chi connectivity index (χ0n) is 11.5. The Morgan fingerprint density at radius 1 is 1.06 bits per heavy atom. The first-order chi connectivity index (χ1) is 7.54. The second-order valence-electron chi connectivity index (χ2n) is 5.42. The third-order valence-corrected chi connectivity index (χ3v) is 3.60. The van der Waals surface area contributed by atoms with E-state index >= 15 is 0 Å². The molecule has 0 aromatic carbocycles. The van der Waals surface area contributed by atoms with Crippen LogP contribution in [0.4, 0.5) is 0 Å². The molecular weight excluding hydrogens is 196 g/mol. The normalized spacial score (nSPS) is 13.0. The summed E-state index contributed by atoms with van der Waals surface area (Å²) in [6, 6.07) is 0. The maximum Gasteiger partial charge on any atom is 0.108 e. The van der Waals surface area contributed by atoms with Gasteiger partial charge in [0, 0.05) is 5.41 Å². The smallest absolute Gasteiger partial charge is 0.108 e. The summed E-state index contributed by atoms with van der Waals surface area (Å²) in [4.78, 5) is 0. The Kier molecular flexibility index (Phi) is 8.16. The first-order valence-electron chi connectivity index (χ1n) is 6.70. The highest BCUT2D eigenvalue weighted by Gasteiger charge is 2.23. The molecule has 0 radical (unpaired) electrons. The minimum Gasteiger partial charge on any atom is -0.462 e. The molecule has 0 saturated carbocycles. The molecule has 1 atom stereocenters. The van der Waals surface area contributed by atoms with Crippen LogP contribution in [-0.2, 0) is 0 Å². The van der Waals surface area contributed by atoms with Gasteiger partial charge in [-0.2, -0.15) is 0 Å². The van der Waals surface area contributed by atoms with Gasteiger partial charge in [0.25, 0.3) is 0 Å². The van der Waals surface area contributed by atoms with Gasteiger partial charge in [-0.1, -0.05) is 58.3 Å². The Morgan fingerprint density at radius 2 is 1.62 bits per heavy atom. The summed E-state index contributed by atoms with van der Waals surface area (Å²) >= 11 is 0. The van der Waals surface area contributed by atoms with Gasteiger partial charge in [0.05, 0.1) is 0 Å². The first kappa shape index (κ1) is 15.4. The third kappa shape index (κ3) is 6.77. The second-order valence-corrected chi connectivity index (χ2v) is 5.42. The second kappa shape index (κ2) is 8.50. The molecule has 1 N–H and O–H groups in total. The molecule has 0 heterocycles. The Balaban J connectivity index is 3.63. The van der Waals surface area contributed by atoms with Crippen molar-refractivity contribution in [2.24, 2.45) is 11.3 Å². The molecule has 0 aliphatic carbocycles. The van der Waals surface area contributed by atoms with Gasteiger partial charge < -0.3 is 5.11 Å². The summed E-state index contributed by atoms with van der Waals surface area (Å²) in [6.07, 6.45) is 11.3. The highest BCUT2D eigenvalue weighted by Crippen LogP contribution is 2.29. The van der Waals surface area contributed by atoms with Gasteiger partial charge in [0.1, 0.15) is 6.11 Å². The summed E-state index contributed by atoms with van der Waals surface area (Å²) in [5.74, 6) is 3.44. The molecule has 1 nitrogen and oxygen atoms in total. The molecule has 0 bridgehead atoms. The molecule has 0 spiro atoms. The zero-order valence-corrected chi connectivity index (χ0v) is 11.5. The lowest BCUT2D eigenvalue weighted by Gasteiger charge is -2.25. The topological polar surface area (TPSA) is 20.2 Å². The average molecular weight is 224 g/mol. The highest BCUT2D eigenvalue weighted by atomic mass is 16.2. The van der Waals surface area contributed by atoms with Crippen molar-refractivity contribution in [1.29, 1.82) is 0 Å². The molecule has 16 heavy (non-hydrogen) atoms. The van der Waals surface area contributed by atoms with Crippen molar-refractivity contribution in [3.05, 3.63) is 0 Å². The number of hydrogen-bond acceptors (Lipinski definition) is 1. The average Bonchev–Trinajstić information content (AvgIpc) is 2.22. The fraction of sp³-hybridized carbons (Fsp3) is 0.867. The van der Waals surface area contributed by atoms with Gasteiger partial charge in [-0.05, 0) is 26.2 Å². The van der Waals surface area contributed by atoms with E-state index in [4.69, 9.17) is 5.11 Å². The van der Waals surface area contributed by atoms with Crippen LogP contribution in [0.1, 0.15) is 72.6 Å². The molecule has 94 valence electrons. The SMILES string of the molecule is CCCCCCCCC(C)C(C)(C)C#CO. The lowest BCUT2D eigenvalue weighted by Crippen LogP contribution is -2.19. The lowest BCUT2D eigenvalue weighted by molar-refractivity contribution is 0.292. The molecule has 0 aliphatic heterocycles. The predicted octanol–water partition coefficient (Wildman–Crippen LogP) is 4.73. The molecule has 0 amide bonds. The van der Waals surface area contributed by atoms with E-state index in [1.165, 1.54) is 44.9 Å².